The average Bonchev–Trinajstić information content (AvgIpc) is 2.36. The van der Waals surface area contributed by atoms with Gasteiger partial charge in [-0.05, 0) is 43.6 Å². The van der Waals surface area contributed by atoms with Gasteiger partial charge in [0.2, 0.25) is 0 Å². The summed E-state index contributed by atoms with van der Waals surface area (Å²) in [5.74, 6) is -0.649. The van der Waals surface area contributed by atoms with Gasteiger partial charge in [0.15, 0.2) is 0 Å². The van der Waals surface area contributed by atoms with Crippen LogP contribution in [-0.2, 0) is 10.2 Å². The Bertz CT molecular complexity index is 459. The second-order valence-corrected chi connectivity index (χ2v) is 6.61. The van der Waals surface area contributed by atoms with Gasteiger partial charge in [-0.15, -0.1) is 0 Å². The van der Waals surface area contributed by atoms with Crippen LogP contribution in [-0.4, -0.2) is 11.1 Å². The zero-order valence-corrected chi connectivity index (χ0v) is 12.9. The lowest BCUT2D eigenvalue weighted by molar-refractivity contribution is -0.155. The third-order valence-electron chi connectivity index (χ3n) is 4.93. The number of aliphatic carboxylic acids is 1. The van der Waals surface area contributed by atoms with Gasteiger partial charge < -0.3 is 5.11 Å². The summed E-state index contributed by atoms with van der Waals surface area (Å²) in [5, 5.41) is 9.78. The number of aryl methyl sites for hydroxylation is 1. The molecule has 1 fully saturated rings. The number of benzene rings is 1. The highest BCUT2D eigenvalue weighted by Gasteiger charge is 2.58. The first-order valence-corrected chi connectivity index (χ1v) is 7.78. The molecule has 0 aromatic heterocycles. The molecule has 110 valence electrons. The monoisotopic (exact) mass is 274 g/mol. The number of carbonyl (C=O) groups is 1. The van der Waals surface area contributed by atoms with Crippen LogP contribution < -0.4 is 0 Å². The summed E-state index contributed by atoms with van der Waals surface area (Å²) in [6.45, 7) is 6.44. The fourth-order valence-corrected chi connectivity index (χ4v) is 4.12. The summed E-state index contributed by atoms with van der Waals surface area (Å²) < 4.78 is 0. The SMILES string of the molecule is CCCC1(CCC)CC(C(=O)O)(c2ccc(C)cc2)C1. The average molecular weight is 274 g/mol. The maximum absolute atomic E-state index is 11.9. The normalized spacial score (nSPS) is 19.4. The van der Waals surface area contributed by atoms with Gasteiger partial charge in [-0.25, -0.2) is 0 Å². The van der Waals surface area contributed by atoms with Crippen molar-refractivity contribution < 1.29 is 9.90 Å². The van der Waals surface area contributed by atoms with Crippen LogP contribution in [0, 0.1) is 12.3 Å². The molecule has 0 radical (unpaired) electrons. The Labute approximate surface area is 122 Å². The topological polar surface area (TPSA) is 37.3 Å². The van der Waals surface area contributed by atoms with E-state index in [1.165, 1.54) is 5.56 Å². The molecule has 1 aliphatic rings. The molecule has 1 aliphatic carbocycles. The van der Waals surface area contributed by atoms with Crippen LogP contribution >= 0.6 is 0 Å². The van der Waals surface area contributed by atoms with Crippen LogP contribution in [0.1, 0.15) is 63.5 Å². The zero-order valence-electron chi connectivity index (χ0n) is 12.9. The molecule has 1 N–H and O–H groups in total. The van der Waals surface area contributed by atoms with E-state index in [2.05, 4.69) is 13.8 Å². The molecule has 1 saturated carbocycles. The second kappa shape index (κ2) is 5.59. The van der Waals surface area contributed by atoms with Gasteiger partial charge in [-0.1, -0.05) is 56.5 Å². The number of rotatable bonds is 6. The molecule has 1 aromatic carbocycles. The highest BCUT2D eigenvalue weighted by Crippen LogP contribution is 2.60. The van der Waals surface area contributed by atoms with E-state index in [0.717, 1.165) is 44.1 Å². The molecule has 0 amide bonds. The fraction of sp³-hybridized carbons (Fsp3) is 0.611. The predicted molar refractivity (Wildman–Crippen MR) is 82.0 cm³/mol. The first kappa shape index (κ1) is 15.1. The Balaban J connectivity index is 2.27. The van der Waals surface area contributed by atoms with Crippen molar-refractivity contribution in [2.45, 2.75) is 64.7 Å². The maximum Gasteiger partial charge on any atom is 0.314 e. The molecule has 20 heavy (non-hydrogen) atoms. The number of carboxylic acids is 1. The minimum atomic E-state index is -0.649. The lowest BCUT2D eigenvalue weighted by Crippen LogP contribution is -2.54. The molecular formula is C18H26O2. The summed E-state index contributed by atoms with van der Waals surface area (Å²) in [6, 6.07) is 8.07. The standard InChI is InChI=1S/C18H26O2/c1-4-10-17(11-5-2)12-18(13-17,16(19)20)15-8-6-14(3)7-9-15/h6-9H,4-5,10-13H2,1-3H3,(H,19,20). The van der Waals surface area contributed by atoms with Crippen molar-refractivity contribution in [3.8, 4) is 0 Å². The summed E-state index contributed by atoms with van der Waals surface area (Å²) in [7, 11) is 0. The molecular weight excluding hydrogens is 248 g/mol. The minimum Gasteiger partial charge on any atom is -0.481 e. The third kappa shape index (κ3) is 2.48. The molecule has 2 nitrogen and oxygen atoms in total. The van der Waals surface area contributed by atoms with E-state index in [-0.39, 0.29) is 5.41 Å². The van der Waals surface area contributed by atoms with Gasteiger partial charge in [-0.2, -0.15) is 0 Å². The molecule has 1 aromatic rings. The fourth-order valence-electron chi connectivity index (χ4n) is 4.12. The van der Waals surface area contributed by atoms with Crippen LogP contribution in [0.2, 0.25) is 0 Å². The number of hydrogen-bond acceptors (Lipinski definition) is 1. The smallest absolute Gasteiger partial charge is 0.314 e. The van der Waals surface area contributed by atoms with E-state index in [4.69, 9.17) is 0 Å². The van der Waals surface area contributed by atoms with E-state index in [1.54, 1.807) is 0 Å². The molecule has 2 heteroatoms. The van der Waals surface area contributed by atoms with Gasteiger partial charge in [0, 0.05) is 0 Å². The van der Waals surface area contributed by atoms with E-state index in [0.29, 0.717) is 0 Å². The quantitative estimate of drug-likeness (QED) is 0.816. The molecule has 0 aliphatic heterocycles. The van der Waals surface area contributed by atoms with Crippen LogP contribution in [0.4, 0.5) is 0 Å². The minimum absolute atomic E-state index is 0.257. The second-order valence-electron chi connectivity index (χ2n) is 6.61. The Morgan fingerprint density at radius 2 is 1.60 bits per heavy atom. The van der Waals surface area contributed by atoms with Gasteiger partial charge in [0.05, 0.1) is 5.41 Å². The van der Waals surface area contributed by atoms with Gasteiger partial charge in [0.25, 0.3) is 0 Å². The molecule has 0 bridgehead atoms. The van der Waals surface area contributed by atoms with Gasteiger partial charge >= 0.3 is 5.97 Å². The van der Waals surface area contributed by atoms with Crippen molar-refractivity contribution >= 4 is 5.97 Å². The molecule has 0 saturated heterocycles. The van der Waals surface area contributed by atoms with E-state index in [9.17, 15) is 9.90 Å². The Morgan fingerprint density at radius 3 is 2.00 bits per heavy atom. The van der Waals surface area contributed by atoms with Gasteiger partial charge in [0.1, 0.15) is 0 Å². The predicted octanol–water partition coefficient (Wildman–Crippen LogP) is 4.70. The first-order chi connectivity index (χ1) is 9.48. The summed E-state index contributed by atoms with van der Waals surface area (Å²) in [4.78, 5) is 11.9. The van der Waals surface area contributed by atoms with Crippen molar-refractivity contribution in [2.24, 2.45) is 5.41 Å². The van der Waals surface area contributed by atoms with Crippen molar-refractivity contribution in [2.75, 3.05) is 0 Å². The van der Waals surface area contributed by atoms with Crippen LogP contribution in [0.15, 0.2) is 24.3 Å². The first-order valence-electron chi connectivity index (χ1n) is 7.78. The Hall–Kier alpha value is -1.31. The molecule has 0 spiro atoms. The van der Waals surface area contributed by atoms with Crippen LogP contribution in [0.3, 0.4) is 0 Å². The summed E-state index contributed by atoms with van der Waals surface area (Å²) in [5.41, 5.74) is 1.78. The number of carboxylic acid groups (broad SMARTS) is 1. The molecule has 2 rings (SSSR count). The summed E-state index contributed by atoms with van der Waals surface area (Å²) >= 11 is 0. The Kier molecular flexibility index (Phi) is 4.22. The molecule has 0 atom stereocenters. The lowest BCUT2D eigenvalue weighted by atomic mass is 9.48. The van der Waals surface area contributed by atoms with E-state index >= 15 is 0 Å². The largest absolute Gasteiger partial charge is 0.481 e. The zero-order chi connectivity index (χ0) is 14.8. The maximum atomic E-state index is 11.9. The van der Waals surface area contributed by atoms with Crippen molar-refractivity contribution in [1.29, 1.82) is 0 Å². The van der Waals surface area contributed by atoms with Crippen molar-refractivity contribution in [1.82, 2.24) is 0 Å². The van der Waals surface area contributed by atoms with E-state index < -0.39 is 11.4 Å². The van der Waals surface area contributed by atoms with E-state index in [1.807, 2.05) is 31.2 Å². The third-order valence-corrected chi connectivity index (χ3v) is 4.93. The Morgan fingerprint density at radius 1 is 1.10 bits per heavy atom. The highest BCUT2D eigenvalue weighted by molar-refractivity contribution is 5.83. The van der Waals surface area contributed by atoms with Crippen molar-refractivity contribution in [3.05, 3.63) is 35.4 Å². The summed E-state index contributed by atoms with van der Waals surface area (Å²) in [6.07, 6.45) is 6.21. The lowest BCUT2D eigenvalue weighted by Gasteiger charge is -2.55. The number of hydrogen-bond donors (Lipinski definition) is 1. The van der Waals surface area contributed by atoms with Crippen molar-refractivity contribution in [3.63, 3.8) is 0 Å². The molecule has 0 heterocycles. The molecule has 0 unspecified atom stereocenters. The van der Waals surface area contributed by atoms with Crippen LogP contribution in [0.25, 0.3) is 0 Å². The van der Waals surface area contributed by atoms with Gasteiger partial charge in [-0.3, -0.25) is 4.79 Å². The van der Waals surface area contributed by atoms with Crippen LogP contribution in [0.5, 0.6) is 0 Å². The highest BCUT2D eigenvalue weighted by atomic mass is 16.4.